The molecule has 0 aliphatic rings. The van der Waals surface area contributed by atoms with Gasteiger partial charge in [0.1, 0.15) is 0 Å². The van der Waals surface area contributed by atoms with Gasteiger partial charge in [-0.05, 0) is 0 Å². The second kappa shape index (κ2) is 13.7. The zero-order valence-electron chi connectivity index (χ0n) is 23.9. The summed E-state index contributed by atoms with van der Waals surface area (Å²) in [5.74, 6) is -0.880. The molecule has 5 aromatic carbocycles. The first-order valence-electron chi connectivity index (χ1n) is 13.9. The topological polar surface area (TPSA) is 51.2 Å². The first kappa shape index (κ1) is 30.7. The summed E-state index contributed by atoms with van der Waals surface area (Å²) in [6.45, 7) is 3.90. The number of carbonyl (C=O) groups excluding carboxylic acids is 1. The van der Waals surface area contributed by atoms with Crippen molar-refractivity contribution in [3.05, 3.63) is 171 Å². The monoisotopic (exact) mass is 670 g/mol. The van der Waals surface area contributed by atoms with E-state index in [1.165, 1.54) is 0 Å². The standard InChI is InChI=1S/C37H31ClO3SSe/c1-26-13-17-29(18-14-26)35(39)25-34(28-19-21-31(38)22-20-28)36(42(40,41)32-23-15-27(2)16-24-32)37(30-9-5-3-6-10-30)43-33-11-7-4-8-12-33/h3-24,34H,25H2,1-2H3/b37-36-. The molecule has 1 unspecified atom stereocenters. The molecule has 0 N–H and O–H groups in total. The maximum absolute atomic E-state index is 14.9. The molecule has 0 radical (unpaired) electrons. The van der Waals surface area contributed by atoms with Gasteiger partial charge in [-0.15, -0.1) is 0 Å². The van der Waals surface area contributed by atoms with Crippen molar-refractivity contribution in [2.24, 2.45) is 0 Å². The van der Waals surface area contributed by atoms with E-state index < -0.39 is 30.7 Å². The minimum atomic E-state index is -4.07. The van der Waals surface area contributed by atoms with Crippen LogP contribution < -0.4 is 4.46 Å². The first-order chi connectivity index (χ1) is 20.7. The van der Waals surface area contributed by atoms with E-state index in [1.807, 2.05) is 111 Å². The molecule has 0 spiro atoms. The number of allylic oxidation sites excluding steroid dienone is 1. The molecule has 0 amide bonds. The Bertz CT molecular complexity index is 1830. The quantitative estimate of drug-likeness (QED) is 0.111. The molecule has 0 aromatic heterocycles. The second-order valence-electron chi connectivity index (χ2n) is 10.4. The Balaban J connectivity index is 1.81. The maximum atomic E-state index is 14.9. The van der Waals surface area contributed by atoms with Crippen LogP contribution in [-0.2, 0) is 9.84 Å². The molecular weight excluding hydrogens is 639 g/mol. The summed E-state index contributed by atoms with van der Waals surface area (Å²) in [5, 5.41) is 0.538. The summed E-state index contributed by atoms with van der Waals surface area (Å²) in [4.78, 5) is 14.3. The van der Waals surface area contributed by atoms with E-state index in [-0.39, 0.29) is 22.0 Å². The van der Waals surface area contributed by atoms with Gasteiger partial charge in [0.05, 0.1) is 0 Å². The third-order valence-corrected chi connectivity index (χ3v) is 12.1. The molecule has 43 heavy (non-hydrogen) atoms. The molecule has 0 saturated heterocycles. The van der Waals surface area contributed by atoms with Crippen molar-refractivity contribution in [2.45, 2.75) is 31.1 Å². The van der Waals surface area contributed by atoms with E-state index in [1.54, 1.807) is 36.4 Å². The summed E-state index contributed by atoms with van der Waals surface area (Å²) >= 11 is 5.89. The molecule has 1 atom stereocenters. The number of halogens is 1. The van der Waals surface area contributed by atoms with Crippen molar-refractivity contribution in [3.8, 4) is 0 Å². The Hall–Kier alpha value is -3.73. The van der Waals surface area contributed by atoms with Gasteiger partial charge in [-0.3, -0.25) is 0 Å². The molecule has 0 aliphatic heterocycles. The number of sulfone groups is 1. The van der Waals surface area contributed by atoms with Gasteiger partial charge in [0.2, 0.25) is 0 Å². The average molecular weight is 670 g/mol. The van der Waals surface area contributed by atoms with Gasteiger partial charge in [-0.1, -0.05) is 0 Å². The predicted octanol–water partition coefficient (Wildman–Crippen LogP) is 8.19. The van der Waals surface area contributed by atoms with E-state index in [0.717, 1.165) is 25.6 Å². The molecule has 0 aliphatic carbocycles. The molecule has 216 valence electrons. The van der Waals surface area contributed by atoms with Crippen LogP contribution >= 0.6 is 11.6 Å². The molecule has 0 heterocycles. The number of carbonyl (C=O) groups is 1. The Morgan fingerprint density at radius 2 is 1.21 bits per heavy atom. The van der Waals surface area contributed by atoms with Gasteiger partial charge in [0, 0.05) is 0 Å². The molecule has 5 aromatic rings. The van der Waals surface area contributed by atoms with E-state index in [0.29, 0.717) is 16.1 Å². The molecule has 5 rings (SSSR count). The van der Waals surface area contributed by atoms with Gasteiger partial charge < -0.3 is 0 Å². The van der Waals surface area contributed by atoms with E-state index in [4.69, 9.17) is 11.6 Å². The number of rotatable bonds is 10. The number of hydrogen-bond acceptors (Lipinski definition) is 3. The second-order valence-corrected chi connectivity index (χ2v) is 15.0. The van der Waals surface area contributed by atoms with Crippen LogP contribution in [0.2, 0.25) is 5.02 Å². The van der Waals surface area contributed by atoms with Gasteiger partial charge in [0.15, 0.2) is 0 Å². The Kier molecular flexibility index (Phi) is 9.79. The SMILES string of the molecule is Cc1ccc(C(=O)CC(/C(=C(/[Se]c2ccccc2)c2ccccc2)S(=O)(=O)c2ccc(C)cc2)c2ccc(Cl)cc2)cc1. The van der Waals surface area contributed by atoms with Gasteiger partial charge in [-0.25, -0.2) is 0 Å². The number of Topliss-reactive ketones (excluding diaryl/α,β-unsaturated/α-hetero) is 1. The summed E-state index contributed by atoms with van der Waals surface area (Å²) in [7, 11) is -4.07. The molecular formula is C37H31ClO3SSe. The van der Waals surface area contributed by atoms with Crippen LogP contribution in [0.4, 0.5) is 0 Å². The minimum absolute atomic E-state index is 0.0215. The van der Waals surface area contributed by atoms with Crippen LogP contribution in [0.25, 0.3) is 4.47 Å². The van der Waals surface area contributed by atoms with Crippen LogP contribution in [0.3, 0.4) is 0 Å². The number of hydrogen-bond donors (Lipinski definition) is 0. The zero-order chi connectivity index (χ0) is 30.4. The Morgan fingerprint density at radius 1 is 0.674 bits per heavy atom. The molecule has 0 bridgehead atoms. The summed E-state index contributed by atoms with van der Waals surface area (Å²) in [5.41, 5.74) is 4.09. The zero-order valence-corrected chi connectivity index (χ0v) is 27.2. The van der Waals surface area contributed by atoms with Crippen LogP contribution in [0.5, 0.6) is 0 Å². The summed E-state index contributed by atoms with van der Waals surface area (Å²) < 4.78 is 31.6. The molecule has 0 saturated carbocycles. The van der Waals surface area contributed by atoms with Crippen molar-refractivity contribution in [3.63, 3.8) is 0 Å². The van der Waals surface area contributed by atoms with Crippen LogP contribution in [-0.4, -0.2) is 29.2 Å². The van der Waals surface area contributed by atoms with Gasteiger partial charge in [-0.2, -0.15) is 0 Å². The van der Waals surface area contributed by atoms with Crippen molar-refractivity contribution in [2.75, 3.05) is 0 Å². The molecule has 3 nitrogen and oxygen atoms in total. The number of ketones is 1. The fourth-order valence-electron chi connectivity index (χ4n) is 4.86. The van der Waals surface area contributed by atoms with Gasteiger partial charge >= 0.3 is 267 Å². The van der Waals surface area contributed by atoms with E-state index in [9.17, 15) is 13.2 Å². The van der Waals surface area contributed by atoms with Crippen LogP contribution in [0.1, 0.15) is 45.0 Å². The van der Waals surface area contributed by atoms with Gasteiger partial charge in [0.25, 0.3) is 0 Å². The fourth-order valence-corrected chi connectivity index (χ4v) is 9.75. The van der Waals surface area contributed by atoms with Crippen LogP contribution in [0, 0.1) is 13.8 Å². The molecule has 0 fully saturated rings. The number of aryl methyl sites for hydroxylation is 2. The third kappa shape index (κ3) is 7.44. The van der Waals surface area contributed by atoms with Crippen molar-refractivity contribution in [1.82, 2.24) is 0 Å². The Morgan fingerprint density at radius 3 is 1.79 bits per heavy atom. The Labute approximate surface area is 265 Å². The molecule has 6 heteroatoms. The average Bonchev–Trinajstić information content (AvgIpc) is 3.02. The number of benzene rings is 5. The van der Waals surface area contributed by atoms with E-state index in [2.05, 4.69) is 0 Å². The third-order valence-electron chi connectivity index (χ3n) is 7.20. The van der Waals surface area contributed by atoms with Crippen molar-refractivity contribution >= 4 is 51.1 Å². The van der Waals surface area contributed by atoms with Crippen LogP contribution in [0.15, 0.2) is 143 Å². The predicted molar refractivity (Wildman–Crippen MR) is 178 cm³/mol. The van der Waals surface area contributed by atoms with Crippen molar-refractivity contribution in [1.29, 1.82) is 0 Å². The first-order valence-corrected chi connectivity index (χ1v) is 17.5. The normalized spacial score (nSPS) is 12.8. The summed E-state index contributed by atoms with van der Waals surface area (Å²) in [6.07, 6.45) is -0.0215. The fraction of sp³-hybridized carbons (Fsp3) is 0.108. The van der Waals surface area contributed by atoms with E-state index >= 15 is 0 Å². The summed E-state index contributed by atoms with van der Waals surface area (Å²) in [6, 6.07) is 41.1. The van der Waals surface area contributed by atoms with Crippen molar-refractivity contribution < 1.29 is 13.2 Å².